The van der Waals surface area contributed by atoms with Crippen molar-refractivity contribution in [3.63, 3.8) is 0 Å². The number of ether oxygens (including phenoxy) is 4. The van der Waals surface area contributed by atoms with Gasteiger partial charge in [-0.3, -0.25) is 9.79 Å². The number of hydrogen-bond donors (Lipinski definition) is 3. The van der Waals surface area contributed by atoms with Crippen LogP contribution in [-0.4, -0.2) is 46.8 Å². The van der Waals surface area contributed by atoms with Gasteiger partial charge < -0.3 is 32.9 Å². The fourth-order valence-electron chi connectivity index (χ4n) is 11.0. The number of halogens is 2. The van der Waals surface area contributed by atoms with Crippen LogP contribution in [-0.2, 0) is 28.1 Å². The summed E-state index contributed by atoms with van der Waals surface area (Å²) in [4.78, 5) is 28.3. The maximum atomic E-state index is 11.7. The Labute approximate surface area is 322 Å². The van der Waals surface area contributed by atoms with Crippen LogP contribution in [0.2, 0.25) is 10.0 Å². The smallest absolute Gasteiger partial charge is 0.496 e. The molecule has 0 spiro atoms. The summed E-state index contributed by atoms with van der Waals surface area (Å²) in [6, 6.07) is 8.80. The summed E-state index contributed by atoms with van der Waals surface area (Å²) in [5, 5.41) is 0.0528. The normalized spacial score (nSPS) is 35.5. The second-order valence-electron chi connectivity index (χ2n) is 15.5. The number of rotatable bonds is 12. The number of methoxy groups -OCH3 is 2. The maximum absolute atomic E-state index is 11.7. The molecule has 5 atom stereocenters. The van der Waals surface area contributed by atoms with E-state index >= 15 is 0 Å². The van der Waals surface area contributed by atoms with E-state index in [2.05, 4.69) is 0 Å². The Morgan fingerprint density at radius 2 is 1.23 bits per heavy atom. The summed E-state index contributed by atoms with van der Waals surface area (Å²) in [7, 11) is -13.9. The van der Waals surface area contributed by atoms with Crippen LogP contribution in [0, 0.1) is 35.5 Å². The average molecular weight is 804 g/mol. The van der Waals surface area contributed by atoms with E-state index in [4.69, 9.17) is 59.4 Å². The molecule has 52 heavy (non-hydrogen) atoms. The Morgan fingerprint density at radius 1 is 0.788 bits per heavy atom. The highest BCUT2D eigenvalue weighted by Crippen LogP contribution is 2.63. The van der Waals surface area contributed by atoms with E-state index in [0.717, 1.165) is 49.7 Å². The lowest BCUT2D eigenvalue weighted by Gasteiger charge is -2.59. The van der Waals surface area contributed by atoms with Gasteiger partial charge in [0.15, 0.2) is 5.75 Å². The summed E-state index contributed by atoms with van der Waals surface area (Å²) >= 11 is 12.4. The van der Waals surface area contributed by atoms with Gasteiger partial charge in [-0.2, -0.15) is 0 Å². The third kappa shape index (κ3) is 7.00. The van der Waals surface area contributed by atoms with Crippen molar-refractivity contribution in [3.05, 3.63) is 68.7 Å². The van der Waals surface area contributed by atoms with Gasteiger partial charge in [0.25, 0.3) is 0 Å². The van der Waals surface area contributed by atoms with E-state index < -0.39 is 41.4 Å². The Balaban J connectivity index is 1.02. The molecule has 282 valence electrons. The minimum atomic E-state index is -4.97. The van der Waals surface area contributed by atoms with Crippen molar-refractivity contribution in [2.75, 3.05) is 20.9 Å². The number of benzene rings is 2. The highest BCUT2D eigenvalue weighted by atomic mass is 35.5. The number of phosphoric acid groups is 1. The number of hydrogen-bond acceptors (Lipinski definition) is 8. The van der Waals surface area contributed by atoms with Crippen molar-refractivity contribution in [1.29, 1.82) is 0 Å². The van der Waals surface area contributed by atoms with Crippen LogP contribution in [0.25, 0.3) is 11.5 Å². The Bertz CT molecular complexity index is 2070. The van der Waals surface area contributed by atoms with Crippen LogP contribution in [0.15, 0.2) is 47.5 Å². The van der Waals surface area contributed by atoms with Gasteiger partial charge in [0.2, 0.25) is 0 Å². The topological polar surface area (TPSA) is 150 Å². The van der Waals surface area contributed by atoms with Gasteiger partial charge in [0.05, 0.1) is 43.5 Å². The third-order valence-corrected chi connectivity index (χ3v) is 13.7. The zero-order valence-electron chi connectivity index (χ0n) is 34.0. The minimum Gasteiger partial charge on any atom is -0.496 e. The van der Waals surface area contributed by atoms with E-state index in [0.29, 0.717) is 48.6 Å². The standard InChI is InChI=1S/C37H44Cl2O11P2/c1-45-34(22-3-5-28(38)30(11-22)49-51(40)41)32-24-7-20-8-25(32)16-36(13-20,15-24)47-19-48-37-14-21-9-26(17-37)33(27(10-21)18-37)35(46-2)23-4-6-29(39)31(12-23)50-52(42,43)44/h3-6,11-12,20-21,24-27,51H,7-10,13-19H2,1-2H3,(H,40,41)(H2,42,43,44)/i1D3,2D3. The van der Waals surface area contributed by atoms with Gasteiger partial charge in [-0.15, -0.1) is 0 Å². The van der Waals surface area contributed by atoms with Gasteiger partial charge in [0.1, 0.15) is 24.1 Å². The first-order valence-corrected chi connectivity index (χ1v) is 21.0. The highest BCUT2D eigenvalue weighted by Gasteiger charge is 2.57. The molecule has 2 aromatic carbocycles. The molecule has 8 aliphatic rings. The van der Waals surface area contributed by atoms with Crippen LogP contribution < -0.4 is 9.05 Å². The molecule has 2 aromatic rings. The van der Waals surface area contributed by atoms with Gasteiger partial charge in [0, 0.05) is 11.1 Å². The van der Waals surface area contributed by atoms with Crippen molar-refractivity contribution < 1.29 is 60.0 Å². The molecule has 0 saturated heterocycles. The summed E-state index contributed by atoms with van der Waals surface area (Å²) in [6.07, 6.45) is 7.55. The highest BCUT2D eigenvalue weighted by molar-refractivity contribution is 7.46. The first-order valence-electron chi connectivity index (χ1n) is 20.5. The SMILES string of the molecule is [2H]C([2H])([2H])OC(=C1C2CC3CC1CC(OCOC14CC5CC(C1)C(=C(OC([2H])([2H])[2H])c1ccc(Cl)c(OP(=O)(O)O)c1)C(C5)C4)(C3)C2)c1ccc(Cl)c(O[PH](=O)O)c1. The van der Waals surface area contributed by atoms with Crippen LogP contribution >= 0.6 is 39.3 Å². The summed E-state index contributed by atoms with van der Waals surface area (Å²) < 4.78 is 106. The monoisotopic (exact) mass is 802 g/mol. The quantitative estimate of drug-likeness (QED) is 0.107. The number of allylic oxidation sites excluding steroid dienone is 2. The molecule has 0 aromatic heterocycles. The minimum absolute atomic E-state index is 0.0232. The zero-order valence-corrected chi connectivity index (χ0v) is 31.4. The largest absolute Gasteiger partial charge is 0.524 e. The fourth-order valence-corrected chi connectivity index (χ4v) is 12.2. The van der Waals surface area contributed by atoms with Crippen LogP contribution in [0.1, 0.15) is 83.6 Å². The molecule has 11 nitrogen and oxygen atoms in total. The Morgan fingerprint density at radius 3 is 1.65 bits per heavy atom. The van der Waals surface area contributed by atoms with E-state index in [1.807, 2.05) is 0 Å². The molecule has 0 aliphatic heterocycles. The molecule has 0 heterocycles. The van der Waals surface area contributed by atoms with Crippen LogP contribution in [0.3, 0.4) is 0 Å². The van der Waals surface area contributed by atoms with Gasteiger partial charge in [-0.25, -0.2) is 9.13 Å². The van der Waals surface area contributed by atoms with Crippen molar-refractivity contribution in [1.82, 2.24) is 0 Å². The molecule has 3 N–H and O–H groups in total. The lowest BCUT2D eigenvalue weighted by atomic mass is 9.51. The van der Waals surface area contributed by atoms with E-state index in [9.17, 15) is 23.8 Å². The van der Waals surface area contributed by atoms with Crippen LogP contribution in [0.5, 0.6) is 11.5 Å². The van der Waals surface area contributed by atoms with Gasteiger partial charge in [-0.1, -0.05) is 23.2 Å². The zero-order chi connectivity index (χ0) is 41.6. The number of phosphoric ester groups is 1. The molecule has 8 fully saturated rings. The van der Waals surface area contributed by atoms with E-state index in [-0.39, 0.29) is 63.5 Å². The van der Waals surface area contributed by atoms with E-state index in [1.54, 1.807) is 12.1 Å². The van der Waals surface area contributed by atoms with Gasteiger partial charge >= 0.3 is 16.1 Å². The summed E-state index contributed by atoms with van der Waals surface area (Å²) in [5.41, 5.74) is 1.45. The molecular formula is C37H44Cl2O11P2. The summed E-state index contributed by atoms with van der Waals surface area (Å²) in [6.45, 7) is 0.0617. The van der Waals surface area contributed by atoms with E-state index in [1.165, 1.54) is 24.3 Å². The summed E-state index contributed by atoms with van der Waals surface area (Å²) in [5.74, 6) is 0.549. The van der Waals surface area contributed by atoms with Crippen LogP contribution in [0.4, 0.5) is 0 Å². The van der Waals surface area contributed by atoms with Crippen molar-refractivity contribution in [2.24, 2.45) is 35.5 Å². The Hall–Kier alpha value is -2.04. The average Bonchev–Trinajstić information content (AvgIpc) is 3.06. The molecule has 8 aliphatic carbocycles. The lowest BCUT2D eigenvalue weighted by molar-refractivity contribution is -0.250. The Kier molecular flexibility index (Phi) is 8.08. The van der Waals surface area contributed by atoms with Crippen molar-refractivity contribution in [2.45, 2.75) is 75.4 Å². The molecule has 15 heteroatoms. The molecule has 8 bridgehead atoms. The fraction of sp³-hybridized carbons (Fsp3) is 0.568. The second kappa shape index (κ2) is 13.9. The third-order valence-electron chi connectivity index (χ3n) is 12.3. The molecule has 0 radical (unpaired) electrons. The molecule has 0 amide bonds. The van der Waals surface area contributed by atoms with Crippen molar-refractivity contribution in [3.8, 4) is 11.5 Å². The lowest BCUT2D eigenvalue weighted by Crippen LogP contribution is -2.55. The van der Waals surface area contributed by atoms with Crippen molar-refractivity contribution >= 4 is 50.8 Å². The second-order valence-corrected chi connectivity index (χ2v) is 18.2. The molecule has 8 saturated carbocycles. The van der Waals surface area contributed by atoms with Gasteiger partial charge in [-0.05, 0) is 147 Å². The molecular weight excluding hydrogens is 753 g/mol. The predicted molar refractivity (Wildman–Crippen MR) is 195 cm³/mol. The maximum Gasteiger partial charge on any atom is 0.524 e. The first-order chi connectivity index (χ1) is 27.1. The first kappa shape index (κ1) is 30.2. The molecule has 5 unspecified atom stereocenters. The predicted octanol–water partition coefficient (Wildman–Crippen LogP) is 8.79. The molecule has 10 rings (SSSR count).